The average molecular weight is 408 g/mol. The van der Waals surface area contributed by atoms with Crippen LogP contribution >= 0.6 is 0 Å². The number of carbonyl (C=O) groups excluding carboxylic acids is 1. The first-order chi connectivity index (χ1) is 14.5. The molecule has 0 atom stereocenters. The summed E-state index contributed by atoms with van der Waals surface area (Å²) in [5.41, 5.74) is 11.3. The van der Waals surface area contributed by atoms with E-state index in [1.165, 1.54) is 0 Å². The van der Waals surface area contributed by atoms with Crippen LogP contribution in [0.3, 0.4) is 0 Å². The summed E-state index contributed by atoms with van der Waals surface area (Å²) in [4.78, 5) is 21.5. The second-order valence-corrected chi connectivity index (χ2v) is 7.96. The van der Waals surface area contributed by atoms with Gasteiger partial charge in [-0.15, -0.1) is 0 Å². The van der Waals surface area contributed by atoms with Gasteiger partial charge in [-0.1, -0.05) is 24.3 Å². The van der Waals surface area contributed by atoms with Gasteiger partial charge in [0.2, 0.25) is 5.91 Å². The summed E-state index contributed by atoms with van der Waals surface area (Å²) < 4.78 is 6.00. The molecule has 158 valence electrons. The maximum absolute atomic E-state index is 12.2. The third-order valence-electron chi connectivity index (χ3n) is 5.72. The van der Waals surface area contributed by atoms with Crippen molar-refractivity contribution in [1.29, 1.82) is 0 Å². The molecule has 0 saturated carbocycles. The number of piperazine rings is 1. The number of hydrogen-bond donors (Lipinski definition) is 2. The summed E-state index contributed by atoms with van der Waals surface area (Å²) in [6.07, 6.45) is 0. The first-order valence-corrected chi connectivity index (χ1v) is 10.4. The van der Waals surface area contributed by atoms with Crippen LogP contribution in [0.15, 0.2) is 41.4 Å². The lowest BCUT2D eigenvalue weighted by molar-refractivity contribution is -0.114. The number of ether oxygens (including phenoxy) is 1. The van der Waals surface area contributed by atoms with Gasteiger partial charge in [-0.2, -0.15) is 0 Å². The fourth-order valence-corrected chi connectivity index (χ4v) is 3.87. The summed E-state index contributed by atoms with van der Waals surface area (Å²) in [6.45, 7) is 7.78. The highest BCUT2D eigenvalue weighted by Gasteiger charge is 2.21. The number of benzene rings is 2. The number of fused-ring (bicyclic) bond motifs is 1. The minimum absolute atomic E-state index is 0.0812. The van der Waals surface area contributed by atoms with Gasteiger partial charge >= 0.3 is 0 Å². The third kappa shape index (κ3) is 4.47. The molecule has 7 heteroatoms. The smallest absolute Gasteiger partial charge is 0.246 e. The summed E-state index contributed by atoms with van der Waals surface area (Å²) in [6, 6.07) is 11.7. The van der Waals surface area contributed by atoms with E-state index in [-0.39, 0.29) is 12.5 Å². The Morgan fingerprint density at radius 3 is 2.67 bits per heavy atom. The number of benzodiazepines with no additional fused rings is 1. The fraction of sp³-hybridized carbons (Fsp3) is 0.391. The van der Waals surface area contributed by atoms with E-state index in [0.717, 1.165) is 55.1 Å². The lowest BCUT2D eigenvalue weighted by atomic mass is 9.96. The van der Waals surface area contributed by atoms with E-state index in [1.54, 1.807) is 0 Å². The molecule has 2 aliphatic heterocycles. The van der Waals surface area contributed by atoms with Gasteiger partial charge in [0.15, 0.2) is 0 Å². The van der Waals surface area contributed by atoms with Crippen LogP contribution in [0.25, 0.3) is 0 Å². The molecule has 2 heterocycles. The normalized spacial score (nSPS) is 17.7. The number of carbonyl (C=O) groups is 1. The van der Waals surface area contributed by atoms with Gasteiger partial charge in [0.05, 0.1) is 17.1 Å². The number of likely N-dealkylation sites (N-methyl/N-ethyl adjacent to an activating group) is 1. The van der Waals surface area contributed by atoms with Crippen molar-refractivity contribution in [3.05, 3.63) is 53.1 Å². The number of amides is 1. The van der Waals surface area contributed by atoms with Gasteiger partial charge in [0, 0.05) is 49.9 Å². The van der Waals surface area contributed by atoms with Crippen LogP contribution in [0.4, 0.5) is 11.4 Å². The molecule has 2 aromatic carbocycles. The van der Waals surface area contributed by atoms with Crippen molar-refractivity contribution in [3.8, 4) is 5.75 Å². The number of aliphatic imine (C=N–C) groups is 1. The molecule has 2 aliphatic rings. The highest BCUT2D eigenvalue weighted by molar-refractivity contribution is 6.20. The van der Waals surface area contributed by atoms with E-state index in [2.05, 4.69) is 27.2 Å². The second-order valence-electron chi connectivity index (χ2n) is 7.96. The van der Waals surface area contributed by atoms with E-state index in [4.69, 9.17) is 10.5 Å². The van der Waals surface area contributed by atoms with Crippen molar-refractivity contribution < 1.29 is 9.53 Å². The predicted octanol–water partition coefficient (Wildman–Crippen LogP) is 1.99. The second kappa shape index (κ2) is 8.85. The SMILES string of the molecule is Cc1ccccc1C1=NCC(=O)Nc2cc(OCCN3CCN(C)CC3)c(N)cc21. The number of aryl methyl sites for hydroxylation is 1. The first kappa shape index (κ1) is 20.4. The molecule has 1 saturated heterocycles. The van der Waals surface area contributed by atoms with E-state index < -0.39 is 0 Å². The first-order valence-electron chi connectivity index (χ1n) is 10.4. The van der Waals surface area contributed by atoms with E-state index in [9.17, 15) is 4.79 Å². The Morgan fingerprint density at radius 1 is 1.13 bits per heavy atom. The topological polar surface area (TPSA) is 83.2 Å². The molecule has 0 unspecified atom stereocenters. The minimum atomic E-state index is -0.145. The number of nitrogens with one attached hydrogen (secondary N) is 1. The van der Waals surface area contributed by atoms with Crippen LogP contribution in [-0.2, 0) is 4.79 Å². The van der Waals surface area contributed by atoms with Crippen molar-refractivity contribution in [2.45, 2.75) is 6.92 Å². The van der Waals surface area contributed by atoms with Crippen LogP contribution in [0.5, 0.6) is 5.75 Å². The van der Waals surface area contributed by atoms with E-state index >= 15 is 0 Å². The fourth-order valence-electron chi connectivity index (χ4n) is 3.87. The molecular weight excluding hydrogens is 378 g/mol. The molecule has 0 spiro atoms. The average Bonchev–Trinajstić information content (AvgIpc) is 2.88. The lowest BCUT2D eigenvalue weighted by Crippen LogP contribution is -2.45. The molecule has 0 bridgehead atoms. The van der Waals surface area contributed by atoms with Gasteiger partial charge in [-0.3, -0.25) is 14.7 Å². The molecule has 4 rings (SSSR count). The largest absolute Gasteiger partial charge is 0.490 e. The predicted molar refractivity (Wildman–Crippen MR) is 121 cm³/mol. The van der Waals surface area contributed by atoms with Gasteiger partial charge < -0.3 is 20.7 Å². The standard InChI is InChI=1S/C23H29N5O2/c1-16-5-3-4-6-17(16)23-18-13-19(24)21(14-20(18)26-22(29)15-25-23)30-12-11-28-9-7-27(2)8-10-28/h3-6,13-14H,7-12,15,24H2,1-2H3,(H,26,29). The zero-order valence-electron chi connectivity index (χ0n) is 17.6. The number of nitrogen functional groups attached to an aromatic ring is 1. The molecule has 2 aromatic rings. The van der Waals surface area contributed by atoms with Crippen molar-refractivity contribution in [3.63, 3.8) is 0 Å². The van der Waals surface area contributed by atoms with Crippen LogP contribution < -0.4 is 15.8 Å². The Labute approximate surface area is 177 Å². The van der Waals surface area contributed by atoms with Gasteiger partial charge in [0.25, 0.3) is 0 Å². The molecule has 0 radical (unpaired) electrons. The van der Waals surface area contributed by atoms with E-state index in [0.29, 0.717) is 23.7 Å². The number of hydrogen-bond acceptors (Lipinski definition) is 6. The monoisotopic (exact) mass is 407 g/mol. The molecule has 0 aromatic heterocycles. The molecule has 0 aliphatic carbocycles. The van der Waals surface area contributed by atoms with Crippen molar-refractivity contribution in [2.24, 2.45) is 4.99 Å². The summed E-state index contributed by atoms with van der Waals surface area (Å²) in [5.74, 6) is 0.446. The molecular formula is C23H29N5O2. The number of anilines is 2. The third-order valence-corrected chi connectivity index (χ3v) is 5.72. The van der Waals surface area contributed by atoms with Gasteiger partial charge in [0.1, 0.15) is 18.9 Å². The molecule has 30 heavy (non-hydrogen) atoms. The highest BCUT2D eigenvalue weighted by Crippen LogP contribution is 2.33. The van der Waals surface area contributed by atoms with Crippen molar-refractivity contribution in [2.75, 3.05) is 64.0 Å². The van der Waals surface area contributed by atoms with Crippen LogP contribution in [-0.4, -0.2) is 74.3 Å². The maximum atomic E-state index is 12.2. The lowest BCUT2D eigenvalue weighted by Gasteiger charge is -2.32. The number of nitrogens with two attached hydrogens (primary N) is 1. The zero-order chi connectivity index (χ0) is 21.1. The molecule has 7 nitrogen and oxygen atoms in total. The van der Waals surface area contributed by atoms with E-state index in [1.807, 2.05) is 43.3 Å². The highest BCUT2D eigenvalue weighted by atomic mass is 16.5. The summed E-state index contributed by atoms with van der Waals surface area (Å²) in [7, 11) is 2.15. The number of rotatable bonds is 5. The quantitative estimate of drug-likeness (QED) is 0.741. The van der Waals surface area contributed by atoms with Crippen LogP contribution in [0.2, 0.25) is 0 Å². The minimum Gasteiger partial charge on any atom is -0.490 e. The number of nitrogens with zero attached hydrogens (tertiary/aromatic N) is 3. The van der Waals surface area contributed by atoms with Crippen molar-refractivity contribution >= 4 is 23.0 Å². The zero-order valence-corrected chi connectivity index (χ0v) is 17.6. The maximum Gasteiger partial charge on any atom is 0.246 e. The van der Waals surface area contributed by atoms with Crippen molar-refractivity contribution in [1.82, 2.24) is 9.80 Å². The van der Waals surface area contributed by atoms with Gasteiger partial charge in [-0.05, 0) is 25.6 Å². The molecule has 1 amide bonds. The summed E-state index contributed by atoms with van der Waals surface area (Å²) in [5, 5.41) is 2.95. The molecule has 1 fully saturated rings. The van der Waals surface area contributed by atoms with Crippen LogP contribution in [0, 0.1) is 6.92 Å². The molecule has 3 N–H and O–H groups in total. The Balaban J connectivity index is 1.55. The Kier molecular flexibility index (Phi) is 6.01. The summed E-state index contributed by atoms with van der Waals surface area (Å²) >= 11 is 0. The van der Waals surface area contributed by atoms with Crippen LogP contribution in [0.1, 0.15) is 16.7 Å². The van der Waals surface area contributed by atoms with Gasteiger partial charge in [-0.25, -0.2) is 0 Å². The Bertz CT molecular complexity index is 964. The Hall–Kier alpha value is -2.90. The Morgan fingerprint density at radius 2 is 1.90 bits per heavy atom.